The van der Waals surface area contributed by atoms with E-state index in [1.54, 1.807) is 0 Å². The van der Waals surface area contributed by atoms with E-state index in [1.165, 1.54) is 31.3 Å². The molecule has 0 aromatic carbocycles. The molecule has 14 heavy (non-hydrogen) atoms. The molecule has 0 saturated heterocycles. The predicted molar refractivity (Wildman–Crippen MR) is 54.8 cm³/mol. The molecule has 2 nitrogen and oxygen atoms in total. The predicted octanol–water partition coefficient (Wildman–Crippen LogP) is 2.83. The lowest BCUT2D eigenvalue weighted by atomic mass is 9.84. The zero-order valence-electron chi connectivity index (χ0n) is 9.22. The van der Waals surface area contributed by atoms with Gasteiger partial charge in [-0.25, -0.2) is 4.79 Å². The molecule has 2 rings (SSSR count). The van der Waals surface area contributed by atoms with E-state index in [0.717, 1.165) is 5.57 Å². The van der Waals surface area contributed by atoms with Crippen LogP contribution in [0.5, 0.6) is 0 Å². The van der Waals surface area contributed by atoms with Gasteiger partial charge in [0.15, 0.2) is 0 Å². The van der Waals surface area contributed by atoms with Crippen LogP contribution in [0.3, 0.4) is 0 Å². The first-order chi connectivity index (χ1) is 6.52. The van der Waals surface area contributed by atoms with Crippen LogP contribution in [-0.4, -0.2) is 11.6 Å². The highest BCUT2D eigenvalue weighted by Crippen LogP contribution is 2.43. The minimum atomic E-state index is -0.351. The number of hydrogen-bond donors (Lipinski definition) is 0. The first kappa shape index (κ1) is 9.75. The Balaban J connectivity index is 2.33. The van der Waals surface area contributed by atoms with E-state index in [2.05, 4.69) is 0 Å². The summed E-state index contributed by atoms with van der Waals surface area (Å²) < 4.78 is 5.37. The zero-order valence-corrected chi connectivity index (χ0v) is 9.22. The normalized spacial score (nSPS) is 27.2. The molecule has 0 aromatic heterocycles. The van der Waals surface area contributed by atoms with Crippen molar-refractivity contribution >= 4 is 5.97 Å². The van der Waals surface area contributed by atoms with E-state index in [-0.39, 0.29) is 11.6 Å². The Morgan fingerprint density at radius 2 is 1.86 bits per heavy atom. The maximum atomic E-state index is 11.5. The summed E-state index contributed by atoms with van der Waals surface area (Å²) in [5.41, 5.74) is 1.78. The number of cyclic esters (lactones) is 1. The maximum Gasteiger partial charge on any atom is 0.334 e. The van der Waals surface area contributed by atoms with E-state index in [0.29, 0.717) is 5.92 Å². The summed E-state index contributed by atoms with van der Waals surface area (Å²) in [6.07, 6.45) is 5.05. The summed E-state index contributed by atoms with van der Waals surface area (Å²) >= 11 is 0. The van der Waals surface area contributed by atoms with Crippen molar-refractivity contribution in [2.45, 2.75) is 52.1 Å². The molecule has 0 amide bonds. The van der Waals surface area contributed by atoms with Crippen molar-refractivity contribution in [3.8, 4) is 0 Å². The van der Waals surface area contributed by atoms with Crippen molar-refractivity contribution in [3.05, 3.63) is 11.1 Å². The fraction of sp³-hybridized carbons (Fsp3) is 0.750. The van der Waals surface area contributed by atoms with Crippen LogP contribution >= 0.6 is 0 Å². The third-order valence-corrected chi connectivity index (χ3v) is 3.47. The quantitative estimate of drug-likeness (QED) is 0.600. The highest BCUT2D eigenvalue weighted by molar-refractivity contribution is 5.92. The summed E-state index contributed by atoms with van der Waals surface area (Å²) in [6, 6.07) is 0. The first-order valence-corrected chi connectivity index (χ1v) is 5.47. The smallest absolute Gasteiger partial charge is 0.334 e. The average Bonchev–Trinajstić information content (AvgIpc) is 2.60. The molecule has 1 saturated carbocycles. The van der Waals surface area contributed by atoms with Crippen molar-refractivity contribution < 1.29 is 9.53 Å². The number of rotatable bonds is 1. The van der Waals surface area contributed by atoms with Crippen molar-refractivity contribution in [1.82, 2.24) is 0 Å². The number of esters is 1. The van der Waals surface area contributed by atoms with Gasteiger partial charge in [-0.3, -0.25) is 0 Å². The van der Waals surface area contributed by atoms with Gasteiger partial charge in [0.1, 0.15) is 5.60 Å². The molecule has 0 N–H and O–H groups in total. The van der Waals surface area contributed by atoms with Gasteiger partial charge >= 0.3 is 5.97 Å². The molecular formula is C12H18O2. The summed E-state index contributed by atoms with van der Waals surface area (Å²) in [5, 5.41) is 0. The lowest BCUT2D eigenvalue weighted by Crippen LogP contribution is -2.26. The van der Waals surface area contributed by atoms with Gasteiger partial charge in [0.25, 0.3) is 0 Å². The second-order valence-electron chi connectivity index (χ2n) is 4.92. The SMILES string of the molecule is CC1=C(C2CCCC2)C(C)(C)OC1=O. The van der Waals surface area contributed by atoms with Crippen LogP contribution in [0.25, 0.3) is 0 Å². The number of carbonyl (C=O) groups is 1. The summed E-state index contributed by atoms with van der Waals surface area (Å²) in [5.74, 6) is 0.480. The van der Waals surface area contributed by atoms with Gasteiger partial charge in [0, 0.05) is 5.57 Å². The third-order valence-electron chi connectivity index (χ3n) is 3.47. The average molecular weight is 194 g/mol. The molecular weight excluding hydrogens is 176 g/mol. The molecule has 1 fully saturated rings. The molecule has 0 bridgehead atoms. The lowest BCUT2D eigenvalue weighted by Gasteiger charge is -2.25. The van der Waals surface area contributed by atoms with Gasteiger partial charge in [-0.15, -0.1) is 0 Å². The van der Waals surface area contributed by atoms with Crippen LogP contribution in [0.15, 0.2) is 11.1 Å². The Bertz CT molecular complexity index is 293. The molecule has 2 heteroatoms. The Morgan fingerprint density at radius 3 is 2.29 bits per heavy atom. The fourth-order valence-corrected chi connectivity index (χ4v) is 2.94. The molecule has 0 atom stereocenters. The molecule has 0 spiro atoms. The minimum Gasteiger partial charge on any atom is -0.452 e. The van der Waals surface area contributed by atoms with Crippen LogP contribution in [0.2, 0.25) is 0 Å². The molecule has 0 aromatic rings. The van der Waals surface area contributed by atoms with Crippen molar-refractivity contribution in [3.63, 3.8) is 0 Å². The van der Waals surface area contributed by atoms with Crippen LogP contribution in [0.1, 0.15) is 46.5 Å². The standard InChI is InChI=1S/C12H18O2/c1-8-10(9-6-4-5-7-9)12(2,3)14-11(8)13/h9H,4-7H2,1-3H3. The Labute approximate surface area is 85.3 Å². The highest BCUT2D eigenvalue weighted by atomic mass is 16.6. The molecule has 1 aliphatic carbocycles. The van der Waals surface area contributed by atoms with Crippen LogP contribution in [-0.2, 0) is 9.53 Å². The summed E-state index contributed by atoms with van der Waals surface area (Å²) in [4.78, 5) is 11.5. The number of hydrogen-bond acceptors (Lipinski definition) is 2. The molecule has 78 valence electrons. The second-order valence-corrected chi connectivity index (χ2v) is 4.92. The molecule has 0 unspecified atom stereocenters. The van der Waals surface area contributed by atoms with Gasteiger partial charge in [0.2, 0.25) is 0 Å². The van der Waals surface area contributed by atoms with E-state index in [4.69, 9.17) is 4.74 Å². The van der Waals surface area contributed by atoms with Gasteiger partial charge in [0.05, 0.1) is 0 Å². The monoisotopic (exact) mass is 194 g/mol. The molecule has 1 heterocycles. The fourth-order valence-electron chi connectivity index (χ4n) is 2.94. The first-order valence-electron chi connectivity index (χ1n) is 5.47. The third kappa shape index (κ3) is 1.37. The van der Waals surface area contributed by atoms with Gasteiger partial charge in [-0.1, -0.05) is 12.8 Å². The summed E-state index contributed by atoms with van der Waals surface area (Å²) in [6.45, 7) is 5.93. The van der Waals surface area contributed by atoms with E-state index >= 15 is 0 Å². The maximum absolute atomic E-state index is 11.5. The number of carbonyl (C=O) groups excluding carboxylic acids is 1. The topological polar surface area (TPSA) is 26.3 Å². The zero-order chi connectivity index (χ0) is 10.3. The molecule has 0 radical (unpaired) electrons. The van der Waals surface area contributed by atoms with Gasteiger partial charge in [-0.2, -0.15) is 0 Å². The lowest BCUT2D eigenvalue weighted by molar-refractivity contribution is -0.144. The molecule has 1 aliphatic heterocycles. The van der Waals surface area contributed by atoms with E-state index in [1.807, 2.05) is 20.8 Å². The summed E-state index contributed by atoms with van der Waals surface area (Å²) in [7, 11) is 0. The highest BCUT2D eigenvalue weighted by Gasteiger charge is 2.42. The van der Waals surface area contributed by atoms with Crippen molar-refractivity contribution in [1.29, 1.82) is 0 Å². The van der Waals surface area contributed by atoms with Crippen molar-refractivity contribution in [2.24, 2.45) is 5.92 Å². The van der Waals surface area contributed by atoms with Crippen LogP contribution < -0.4 is 0 Å². The van der Waals surface area contributed by atoms with E-state index < -0.39 is 0 Å². The van der Waals surface area contributed by atoms with E-state index in [9.17, 15) is 4.79 Å². The van der Waals surface area contributed by atoms with Crippen molar-refractivity contribution in [2.75, 3.05) is 0 Å². The number of ether oxygens (including phenoxy) is 1. The molecule has 2 aliphatic rings. The Morgan fingerprint density at radius 1 is 1.29 bits per heavy atom. The van der Waals surface area contributed by atoms with Crippen LogP contribution in [0.4, 0.5) is 0 Å². The van der Waals surface area contributed by atoms with Gasteiger partial charge in [-0.05, 0) is 45.1 Å². The largest absolute Gasteiger partial charge is 0.452 e. The Kier molecular flexibility index (Phi) is 2.17. The Hall–Kier alpha value is -0.790. The van der Waals surface area contributed by atoms with Crippen LogP contribution in [0, 0.1) is 5.92 Å². The van der Waals surface area contributed by atoms with Gasteiger partial charge < -0.3 is 4.74 Å². The second kappa shape index (κ2) is 3.11. The minimum absolute atomic E-state index is 0.114.